The van der Waals surface area contributed by atoms with Crippen molar-refractivity contribution in [2.24, 2.45) is 5.73 Å². The average molecular weight is 355 g/mol. The molecule has 1 fully saturated rings. The number of hydrogen-bond acceptors (Lipinski definition) is 6. The molecule has 0 aliphatic carbocycles. The summed E-state index contributed by atoms with van der Waals surface area (Å²) in [6.07, 6.45) is 1.42. The Bertz CT molecular complexity index is 512. The molecule has 2 amide bonds. The number of carbonyl (C=O) groups is 2. The zero-order valence-electron chi connectivity index (χ0n) is 11.1. The number of thioether (sulfide) groups is 1. The highest BCUT2D eigenvalue weighted by atomic mass is 35.5. The normalized spacial score (nSPS) is 16.3. The van der Waals surface area contributed by atoms with Crippen LogP contribution in [0.25, 0.3) is 0 Å². The van der Waals surface area contributed by atoms with Gasteiger partial charge in [-0.05, 0) is 6.07 Å². The van der Waals surface area contributed by atoms with Gasteiger partial charge in [0.1, 0.15) is 5.56 Å². The number of pyridine rings is 1. The molecule has 0 aromatic carbocycles. The molecule has 118 valence electrons. The fraction of sp³-hybridized carbons (Fsp3) is 0.364. The molecular formula is C11H16Cl2N4O3S. The number of hydrogen-bond donors (Lipinski definition) is 3. The molecule has 21 heavy (non-hydrogen) atoms. The Balaban J connectivity index is 0.00000200. The fourth-order valence-electron chi connectivity index (χ4n) is 1.65. The maximum atomic E-state index is 11.9. The third-order valence-electron chi connectivity index (χ3n) is 2.61. The van der Waals surface area contributed by atoms with E-state index in [0.717, 1.165) is 11.6 Å². The summed E-state index contributed by atoms with van der Waals surface area (Å²) < 4.78 is 4.93. The van der Waals surface area contributed by atoms with Gasteiger partial charge >= 0.3 is 0 Å². The topological polar surface area (TPSA) is 106 Å². The summed E-state index contributed by atoms with van der Waals surface area (Å²) in [5.74, 6) is 0.797. The van der Waals surface area contributed by atoms with Crippen molar-refractivity contribution in [3.05, 3.63) is 17.8 Å². The molecule has 1 saturated heterocycles. The number of rotatable bonds is 4. The summed E-state index contributed by atoms with van der Waals surface area (Å²) >= 11 is 1.65. The van der Waals surface area contributed by atoms with Gasteiger partial charge in [-0.1, -0.05) is 0 Å². The third-order valence-corrected chi connectivity index (χ3v) is 3.55. The quantitative estimate of drug-likeness (QED) is 0.732. The highest BCUT2D eigenvalue weighted by molar-refractivity contribution is 7.99. The number of halogens is 2. The first-order chi connectivity index (χ1) is 9.11. The molecule has 1 aromatic heterocycles. The standard InChI is InChI=1S/C11H14N4O3S.2ClH/c1-18-11-7(9(12)16)2-6(3-13-11)15-10(17)8-4-19-5-14-8;;/h2-3,8,14H,4-5H2,1H3,(H2,12,16)(H,15,17);2*1H. The van der Waals surface area contributed by atoms with Crippen LogP contribution < -0.4 is 21.1 Å². The summed E-state index contributed by atoms with van der Waals surface area (Å²) in [4.78, 5) is 27.1. The first-order valence-electron chi connectivity index (χ1n) is 5.57. The fourth-order valence-corrected chi connectivity index (χ4v) is 2.59. The molecular weight excluding hydrogens is 339 g/mol. The van der Waals surface area contributed by atoms with Gasteiger partial charge in [0.05, 0.1) is 25.0 Å². The van der Waals surface area contributed by atoms with E-state index in [2.05, 4.69) is 15.6 Å². The predicted molar refractivity (Wildman–Crippen MR) is 86.7 cm³/mol. The molecule has 2 heterocycles. The number of primary amides is 1. The van der Waals surface area contributed by atoms with Gasteiger partial charge < -0.3 is 15.8 Å². The Morgan fingerprint density at radius 1 is 1.52 bits per heavy atom. The Hall–Kier alpha value is -1.22. The van der Waals surface area contributed by atoms with Crippen LogP contribution in [0.3, 0.4) is 0 Å². The zero-order valence-corrected chi connectivity index (χ0v) is 13.6. The van der Waals surface area contributed by atoms with Crippen molar-refractivity contribution in [3.63, 3.8) is 0 Å². The van der Waals surface area contributed by atoms with Gasteiger partial charge in [-0.2, -0.15) is 0 Å². The average Bonchev–Trinajstić information content (AvgIpc) is 2.92. The molecule has 1 aromatic rings. The van der Waals surface area contributed by atoms with E-state index in [1.807, 2.05) is 0 Å². The lowest BCUT2D eigenvalue weighted by atomic mass is 10.2. The molecule has 1 unspecified atom stereocenters. The van der Waals surface area contributed by atoms with Crippen LogP contribution in [0, 0.1) is 0 Å². The Morgan fingerprint density at radius 3 is 2.76 bits per heavy atom. The van der Waals surface area contributed by atoms with Crippen molar-refractivity contribution in [2.45, 2.75) is 6.04 Å². The minimum atomic E-state index is -0.657. The summed E-state index contributed by atoms with van der Waals surface area (Å²) in [7, 11) is 1.40. The van der Waals surface area contributed by atoms with Crippen LogP contribution in [0.15, 0.2) is 12.3 Å². The Kier molecular flexibility index (Phi) is 8.41. The summed E-state index contributed by atoms with van der Waals surface area (Å²) in [5.41, 5.74) is 5.77. The van der Waals surface area contributed by atoms with E-state index in [1.54, 1.807) is 11.8 Å². The van der Waals surface area contributed by atoms with Gasteiger partial charge in [0.15, 0.2) is 0 Å². The van der Waals surface area contributed by atoms with Crippen molar-refractivity contribution in [1.29, 1.82) is 0 Å². The lowest BCUT2D eigenvalue weighted by Gasteiger charge is -2.11. The lowest BCUT2D eigenvalue weighted by Crippen LogP contribution is -2.37. The zero-order chi connectivity index (χ0) is 13.8. The summed E-state index contributed by atoms with van der Waals surface area (Å²) in [5, 5.41) is 5.74. The second kappa shape index (κ2) is 8.93. The minimum Gasteiger partial charge on any atom is -0.480 e. The van der Waals surface area contributed by atoms with Crippen molar-refractivity contribution >= 4 is 54.1 Å². The van der Waals surface area contributed by atoms with Gasteiger partial charge in [-0.15, -0.1) is 36.6 Å². The number of ether oxygens (including phenoxy) is 1. The van der Waals surface area contributed by atoms with Crippen molar-refractivity contribution < 1.29 is 14.3 Å². The van der Waals surface area contributed by atoms with Crippen LogP contribution in [0.1, 0.15) is 10.4 Å². The molecule has 1 atom stereocenters. The first kappa shape index (κ1) is 19.8. The van der Waals surface area contributed by atoms with Crippen molar-refractivity contribution in [3.8, 4) is 5.88 Å². The molecule has 7 nitrogen and oxygen atoms in total. The van der Waals surface area contributed by atoms with Crippen molar-refractivity contribution in [2.75, 3.05) is 24.1 Å². The lowest BCUT2D eigenvalue weighted by molar-refractivity contribution is -0.117. The number of nitrogens with one attached hydrogen (secondary N) is 2. The van der Waals surface area contributed by atoms with E-state index in [-0.39, 0.29) is 48.2 Å². The molecule has 10 heteroatoms. The first-order valence-corrected chi connectivity index (χ1v) is 6.73. The largest absolute Gasteiger partial charge is 0.480 e. The number of aromatic nitrogens is 1. The van der Waals surface area contributed by atoms with E-state index in [9.17, 15) is 9.59 Å². The molecule has 1 aliphatic rings. The minimum absolute atomic E-state index is 0. The molecule has 0 bridgehead atoms. The second-order valence-corrected chi connectivity index (χ2v) is 4.94. The molecule has 0 radical (unpaired) electrons. The Morgan fingerprint density at radius 2 is 2.24 bits per heavy atom. The van der Waals surface area contributed by atoms with Gasteiger partial charge in [0, 0.05) is 11.6 Å². The summed E-state index contributed by atoms with van der Waals surface area (Å²) in [6, 6.07) is 1.22. The van der Waals surface area contributed by atoms with E-state index in [1.165, 1.54) is 19.4 Å². The van der Waals surface area contributed by atoms with E-state index in [0.29, 0.717) is 5.69 Å². The summed E-state index contributed by atoms with van der Waals surface area (Å²) in [6.45, 7) is 0. The van der Waals surface area contributed by atoms with Crippen LogP contribution in [-0.2, 0) is 4.79 Å². The SMILES string of the molecule is COc1ncc(NC(=O)C2CSCN2)cc1C(N)=O.Cl.Cl. The van der Waals surface area contributed by atoms with Gasteiger partial charge in [-0.3, -0.25) is 14.9 Å². The van der Waals surface area contributed by atoms with E-state index < -0.39 is 5.91 Å². The number of nitrogens with two attached hydrogens (primary N) is 1. The van der Waals surface area contributed by atoms with Crippen molar-refractivity contribution in [1.82, 2.24) is 10.3 Å². The maximum Gasteiger partial charge on any atom is 0.254 e. The number of methoxy groups -OCH3 is 1. The highest BCUT2D eigenvalue weighted by Gasteiger charge is 2.23. The number of anilines is 1. The van der Waals surface area contributed by atoms with Crippen LogP contribution in [0.4, 0.5) is 5.69 Å². The number of nitrogens with zero attached hydrogens (tertiary/aromatic N) is 1. The van der Waals surface area contributed by atoms with Crippen LogP contribution in [0.2, 0.25) is 0 Å². The third kappa shape index (κ3) is 4.92. The van der Waals surface area contributed by atoms with Crippen LogP contribution >= 0.6 is 36.6 Å². The molecule has 1 aliphatic heterocycles. The molecule has 2 rings (SSSR count). The second-order valence-electron chi connectivity index (χ2n) is 3.91. The van der Waals surface area contributed by atoms with Gasteiger partial charge in [0.2, 0.25) is 11.8 Å². The van der Waals surface area contributed by atoms with Gasteiger partial charge in [-0.25, -0.2) is 4.98 Å². The Labute approximate surface area is 138 Å². The number of amides is 2. The smallest absolute Gasteiger partial charge is 0.254 e. The monoisotopic (exact) mass is 354 g/mol. The van der Waals surface area contributed by atoms with Crippen LogP contribution in [-0.4, -0.2) is 41.6 Å². The van der Waals surface area contributed by atoms with Gasteiger partial charge in [0.25, 0.3) is 5.91 Å². The van der Waals surface area contributed by atoms with E-state index >= 15 is 0 Å². The predicted octanol–water partition coefficient (Wildman–Crippen LogP) is 0.634. The maximum absolute atomic E-state index is 11.9. The molecule has 0 saturated carbocycles. The number of carbonyl (C=O) groups excluding carboxylic acids is 2. The van der Waals surface area contributed by atoms with Crippen LogP contribution in [0.5, 0.6) is 5.88 Å². The van der Waals surface area contributed by atoms with E-state index in [4.69, 9.17) is 10.5 Å². The molecule has 0 spiro atoms. The highest BCUT2D eigenvalue weighted by Crippen LogP contribution is 2.19. The molecule has 4 N–H and O–H groups in total.